The molecule has 1 rings (SSSR count). The van der Waals surface area contributed by atoms with E-state index in [-0.39, 0.29) is 0 Å². The normalized spacial score (nSPS) is 13.2. The SMILES string of the molecule is CCC(Cl)CCc1cnn(CC)c1. The van der Waals surface area contributed by atoms with E-state index < -0.39 is 0 Å². The number of alkyl halides is 1. The average Bonchev–Trinajstić information content (AvgIpc) is 2.61. The second kappa shape index (κ2) is 5.28. The van der Waals surface area contributed by atoms with Crippen molar-refractivity contribution in [2.45, 2.75) is 45.0 Å². The first kappa shape index (κ1) is 10.6. The van der Waals surface area contributed by atoms with Gasteiger partial charge >= 0.3 is 0 Å². The van der Waals surface area contributed by atoms with E-state index in [1.807, 2.05) is 10.9 Å². The van der Waals surface area contributed by atoms with Crippen molar-refractivity contribution in [3.63, 3.8) is 0 Å². The van der Waals surface area contributed by atoms with Crippen LogP contribution < -0.4 is 0 Å². The molecular formula is C10H17ClN2. The van der Waals surface area contributed by atoms with Gasteiger partial charge in [0.15, 0.2) is 0 Å². The number of nitrogens with zero attached hydrogens (tertiary/aromatic N) is 2. The highest BCUT2D eigenvalue weighted by Crippen LogP contribution is 2.11. The molecule has 0 fully saturated rings. The van der Waals surface area contributed by atoms with Gasteiger partial charge in [0.25, 0.3) is 0 Å². The van der Waals surface area contributed by atoms with Crippen molar-refractivity contribution < 1.29 is 0 Å². The van der Waals surface area contributed by atoms with Crippen LogP contribution in [0, 0.1) is 0 Å². The zero-order valence-electron chi connectivity index (χ0n) is 8.33. The minimum absolute atomic E-state index is 0.310. The van der Waals surface area contributed by atoms with Gasteiger partial charge in [-0.2, -0.15) is 5.10 Å². The molecule has 3 heteroatoms. The number of halogens is 1. The predicted octanol–water partition coefficient (Wildman–Crippen LogP) is 2.85. The van der Waals surface area contributed by atoms with Crippen LogP contribution in [0.5, 0.6) is 0 Å². The van der Waals surface area contributed by atoms with Crippen LogP contribution in [0.25, 0.3) is 0 Å². The fraction of sp³-hybridized carbons (Fsp3) is 0.700. The van der Waals surface area contributed by atoms with Gasteiger partial charge in [-0.25, -0.2) is 0 Å². The molecule has 1 atom stereocenters. The zero-order valence-corrected chi connectivity index (χ0v) is 9.09. The zero-order chi connectivity index (χ0) is 9.68. The summed E-state index contributed by atoms with van der Waals surface area (Å²) in [5, 5.41) is 4.52. The summed E-state index contributed by atoms with van der Waals surface area (Å²) in [5.74, 6) is 0. The second-order valence-corrected chi connectivity index (χ2v) is 3.87. The van der Waals surface area contributed by atoms with Gasteiger partial charge in [-0.1, -0.05) is 6.92 Å². The van der Waals surface area contributed by atoms with Gasteiger partial charge in [-0.05, 0) is 31.7 Å². The van der Waals surface area contributed by atoms with Crippen LogP contribution in [0.1, 0.15) is 32.3 Å². The summed E-state index contributed by atoms with van der Waals surface area (Å²) in [5.41, 5.74) is 1.29. The van der Waals surface area contributed by atoms with Crippen molar-refractivity contribution >= 4 is 11.6 Å². The summed E-state index contributed by atoms with van der Waals surface area (Å²) in [6.45, 7) is 5.15. The van der Waals surface area contributed by atoms with Crippen molar-refractivity contribution in [2.24, 2.45) is 0 Å². The molecule has 1 aromatic heterocycles. The Morgan fingerprint density at radius 3 is 2.85 bits per heavy atom. The van der Waals surface area contributed by atoms with Crippen LogP contribution in [-0.2, 0) is 13.0 Å². The van der Waals surface area contributed by atoms with Crippen LogP contribution in [0.3, 0.4) is 0 Å². The molecular weight excluding hydrogens is 184 g/mol. The topological polar surface area (TPSA) is 17.8 Å². The highest BCUT2D eigenvalue weighted by Gasteiger charge is 2.03. The van der Waals surface area contributed by atoms with Crippen LogP contribution >= 0.6 is 11.6 Å². The lowest BCUT2D eigenvalue weighted by Gasteiger charge is -2.03. The molecule has 74 valence electrons. The maximum Gasteiger partial charge on any atom is 0.0521 e. The van der Waals surface area contributed by atoms with Gasteiger partial charge in [0.2, 0.25) is 0 Å². The molecule has 0 spiro atoms. The Labute approximate surface area is 84.9 Å². The molecule has 0 aromatic carbocycles. The van der Waals surface area contributed by atoms with E-state index in [2.05, 4.69) is 25.1 Å². The van der Waals surface area contributed by atoms with Crippen LogP contribution in [0.4, 0.5) is 0 Å². The van der Waals surface area contributed by atoms with E-state index in [1.165, 1.54) is 5.56 Å². The molecule has 2 nitrogen and oxygen atoms in total. The number of hydrogen-bond donors (Lipinski definition) is 0. The molecule has 1 aromatic rings. The first-order valence-corrected chi connectivity index (χ1v) is 5.35. The number of aryl methyl sites for hydroxylation is 2. The Balaban J connectivity index is 2.36. The standard InChI is InChI=1S/C10H17ClN2/c1-3-10(11)6-5-9-7-12-13(4-2)8-9/h7-8,10H,3-6H2,1-2H3. The lowest BCUT2D eigenvalue weighted by molar-refractivity contribution is 0.658. The van der Waals surface area contributed by atoms with Gasteiger partial charge in [-0.15, -0.1) is 11.6 Å². The summed E-state index contributed by atoms with van der Waals surface area (Å²) in [6, 6.07) is 0. The second-order valence-electron chi connectivity index (χ2n) is 3.25. The van der Waals surface area contributed by atoms with Gasteiger partial charge < -0.3 is 0 Å². The molecule has 0 aliphatic carbocycles. The molecule has 0 aliphatic heterocycles. The summed E-state index contributed by atoms with van der Waals surface area (Å²) >= 11 is 6.03. The Morgan fingerprint density at radius 2 is 2.31 bits per heavy atom. The maximum absolute atomic E-state index is 6.03. The third-order valence-corrected chi connectivity index (χ3v) is 2.73. The van der Waals surface area contributed by atoms with Crippen LogP contribution in [-0.4, -0.2) is 15.2 Å². The highest BCUT2D eigenvalue weighted by molar-refractivity contribution is 6.20. The minimum atomic E-state index is 0.310. The largest absolute Gasteiger partial charge is 0.273 e. The first-order valence-electron chi connectivity index (χ1n) is 4.91. The van der Waals surface area contributed by atoms with Crippen molar-refractivity contribution in [3.8, 4) is 0 Å². The summed E-state index contributed by atoms with van der Waals surface area (Å²) < 4.78 is 1.95. The molecule has 0 saturated carbocycles. The van der Waals surface area contributed by atoms with Crippen molar-refractivity contribution in [1.82, 2.24) is 9.78 Å². The quantitative estimate of drug-likeness (QED) is 0.669. The molecule has 13 heavy (non-hydrogen) atoms. The lowest BCUT2D eigenvalue weighted by Crippen LogP contribution is -1.98. The Morgan fingerprint density at radius 1 is 1.54 bits per heavy atom. The molecule has 1 heterocycles. The van der Waals surface area contributed by atoms with E-state index in [9.17, 15) is 0 Å². The average molecular weight is 201 g/mol. The maximum atomic E-state index is 6.03. The number of rotatable bonds is 5. The Bertz CT molecular complexity index is 245. The fourth-order valence-corrected chi connectivity index (χ4v) is 1.34. The van der Waals surface area contributed by atoms with Crippen molar-refractivity contribution in [2.75, 3.05) is 0 Å². The molecule has 0 N–H and O–H groups in total. The first-order chi connectivity index (χ1) is 6.26. The van der Waals surface area contributed by atoms with Crippen molar-refractivity contribution in [3.05, 3.63) is 18.0 Å². The molecule has 0 bridgehead atoms. The van der Waals surface area contributed by atoms with E-state index >= 15 is 0 Å². The summed E-state index contributed by atoms with van der Waals surface area (Å²) in [6.07, 6.45) is 7.17. The molecule has 0 saturated heterocycles. The summed E-state index contributed by atoms with van der Waals surface area (Å²) in [7, 11) is 0. The van der Waals surface area contributed by atoms with E-state index in [1.54, 1.807) is 0 Å². The van der Waals surface area contributed by atoms with E-state index in [0.717, 1.165) is 25.8 Å². The minimum Gasteiger partial charge on any atom is -0.273 e. The van der Waals surface area contributed by atoms with Gasteiger partial charge in [0, 0.05) is 18.1 Å². The molecule has 1 unspecified atom stereocenters. The third kappa shape index (κ3) is 3.39. The smallest absolute Gasteiger partial charge is 0.0521 e. The van der Waals surface area contributed by atoms with Crippen LogP contribution in [0.15, 0.2) is 12.4 Å². The fourth-order valence-electron chi connectivity index (χ4n) is 1.24. The van der Waals surface area contributed by atoms with Gasteiger partial charge in [0.1, 0.15) is 0 Å². The molecule has 0 radical (unpaired) electrons. The molecule has 0 aliphatic rings. The van der Waals surface area contributed by atoms with Gasteiger partial charge in [-0.3, -0.25) is 4.68 Å². The Kier molecular flexibility index (Phi) is 4.29. The number of aromatic nitrogens is 2. The molecule has 0 amide bonds. The van der Waals surface area contributed by atoms with Gasteiger partial charge in [0.05, 0.1) is 6.20 Å². The highest BCUT2D eigenvalue weighted by atomic mass is 35.5. The number of hydrogen-bond acceptors (Lipinski definition) is 1. The monoisotopic (exact) mass is 200 g/mol. The summed E-state index contributed by atoms with van der Waals surface area (Å²) in [4.78, 5) is 0. The third-order valence-electron chi connectivity index (χ3n) is 2.20. The van der Waals surface area contributed by atoms with Crippen molar-refractivity contribution in [1.29, 1.82) is 0 Å². The lowest BCUT2D eigenvalue weighted by atomic mass is 10.1. The Hall–Kier alpha value is -0.500. The van der Waals surface area contributed by atoms with E-state index in [4.69, 9.17) is 11.6 Å². The van der Waals surface area contributed by atoms with E-state index in [0.29, 0.717) is 5.38 Å². The predicted molar refractivity (Wildman–Crippen MR) is 56.2 cm³/mol. The van der Waals surface area contributed by atoms with Crippen LogP contribution in [0.2, 0.25) is 0 Å².